The number of primary amides is 1. The van der Waals surface area contributed by atoms with Crippen molar-refractivity contribution in [2.75, 3.05) is 5.32 Å². The van der Waals surface area contributed by atoms with Gasteiger partial charge in [-0.1, -0.05) is 18.2 Å². The number of aliphatic hydroxyl groups is 1. The van der Waals surface area contributed by atoms with E-state index < -0.39 is 17.9 Å². The maximum absolute atomic E-state index is 11.4. The van der Waals surface area contributed by atoms with Gasteiger partial charge in [0.15, 0.2) is 0 Å². The summed E-state index contributed by atoms with van der Waals surface area (Å²) in [6.45, 7) is 0. The molecule has 0 saturated carbocycles. The third-order valence-electron chi connectivity index (χ3n) is 2.01. The van der Waals surface area contributed by atoms with Crippen LogP contribution in [0.3, 0.4) is 0 Å². The molecule has 0 saturated heterocycles. The highest BCUT2D eigenvalue weighted by molar-refractivity contribution is 5.94. The molecule has 0 aliphatic rings. The Morgan fingerprint density at radius 2 is 1.94 bits per heavy atom. The Morgan fingerprint density at radius 1 is 1.31 bits per heavy atom. The van der Waals surface area contributed by atoms with Crippen molar-refractivity contribution >= 4 is 17.5 Å². The van der Waals surface area contributed by atoms with Gasteiger partial charge in [0.05, 0.1) is 0 Å². The van der Waals surface area contributed by atoms with Crippen LogP contribution >= 0.6 is 0 Å². The number of amides is 2. The molecule has 86 valence electrons. The normalized spacial score (nSPS) is 11.8. The highest BCUT2D eigenvalue weighted by Gasteiger charge is 2.15. The number of aliphatic hydroxyl groups excluding tert-OH is 1. The minimum absolute atomic E-state index is 0.0105. The fourth-order valence-electron chi connectivity index (χ4n) is 1.16. The molecular formula is C11H14N2O3. The molecule has 0 heterocycles. The summed E-state index contributed by atoms with van der Waals surface area (Å²) in [5.74, 6) is -1.07. The molecular weight excluding hydrogens is 208 g/mol. The molecule has 0 aliphatic heterocycles. The maximum Gasteiger partial charge on any atom is 0.253 e. The predicted molar refractivity (Wildman–Crippen MR) is 59.5 cm³/mol. The van der Waals surface area contributed by atoms with E-state index in [1.165, 1.54) is 0 Å². The molecule has 1 unspecified atom stereocenters. The standard InChI is InChI=1S/C11H14N2O3/c12-10(15)7-6-9(14)11(16)13-8-4-2-1-3-5-8/h1-5,9,14H,6-7H2,(H2,12,15)(H,13,16). The van der Waals surface area contributed by atoms with Crippen molar-refractivity contribution in [2.24, 2.45) is 5.73 Å². The van der Waals surface area contributed by atoms with Crippen LogP contribution in [-0.4, -0.2) is 23.0 Å². The number of nitrogens with two attached hydrogens (primary N) is 1. The van der Waals surface area contributed by atoms with Gasteiger partial charge in [-0.05, 0) is 18.6 Å². The first-order chi connectivity index (χ1) is 7.59. The Hall–Kier alpha value is -1.88. The summed E-state index contributed by atoms with van der Waals surface area (Å²) < 4.78 is 0. The molecule has 16 heavy (non-hydrogen) atoms. The highest BCUT2D eigenvalue weighted by Crippen LogP contribution is 2.07. The third-order valence-corrected chi connectivity index (χ3v) is 2.01. The van der Waals surface area contributed by atoms with E-state index in [9.17, 15) is 14.7 Å². The first-order valence-corrected chi connectivity index (χ1v) is 4.92. The Morgan fingerprint density at radius 3 is 2.50 bits per heavy atom. The summed E-state index contributed by atoms with van der Waals surface area (Å²) in [6.07, 6.45) is -1.19. The zero-order valence-corrected chi connectivity index (χ0v) is 8.72. The van der Waals surface area contributed by atoms with Crippen molar-refractivity contribution in [1.82, 2.24) is 0 Å². The first kappa shape index (κ1) is 12.2. The van der Waals surface area contributed by atoms with E-state index in [2.05, 4.69) is 5.32 Å². The van der Waals surface area contributed by atoms with E-state index in [0.29, 0.717) is 5.69 Å². The Bertz CT molecular complexity index is 365. The topological polar surface area (TPSA) is 92.4 Å². The average molecular weight is 222 g/mol. The lowest BCUT2D eigenvalue weighted by Gasteiger charge is -2.10. The summed E-state index contributed by atoms with van der Waals surface area (Å²) in [6, 6.07) is 8.77. The van der Waals surface area contributed by atoms with Crippen LogP contribution in [0.5, 0.6) is 0 Å². The molecule has 4 N–H and O–H groups in total. The lowest BCUT2D eigenvalue weighted by atomic mass is 10.2. The lowest BCUT2D eigenvalue weighted by molar-refractivity contribution is -0.125. The third kappa shape index (κ3) is 4.10. The van der Waals surface area contributed by atoms with Crippen LogP contribution in [0.4, 0.5) is 5.69 Å². The molecule has 0 spiro atoms. The van der Waals surface area contributed by atoms with Gasteiger partial charge in [-0.15, -0.1) is 0 Å². The van der Waals surface area contributed by atoms with Crippen molar-refractivity contribution in [3.05, 3.63) is 30.3 Å². The minimum Gasteiger partial charge on any atom is -0.383 e. The summed E-state index contributed by atoms with van der Waals surface area (Å²) in [7, 11) is 0. The Kier molecular flexibility index (Phi) is 4.47. The number of carbonyl (C=O) groups is 2. The number of para-hydroxylation sites is 1. The van der Waals surface area contributed by atoms with Crippen molar-refractivity contribution in [2.45, 2.75) is 18.9 Å². The van der Waals surface area contributed by atoms with Crippen LogP contribution < -0.4 is 11.1 Å². The van der Waals surface area contributed by atoms with E-state index in [0.717, 1.165) is 0 Å². The summed E-state index contributed by atoms with van der Waals surface area (Å²) in [5.41, 5.74) is 5.51. The largest absolute Gasteiger partial charge is 0.383 e. The van der Waals surface area contributed by atoms with E-state index in [-0.39, 0.29) is 12.8 Å². The Labute approximate surface area is 93.3 Å². The smallest absolute Gasteiger partial charge is 0.253 e. The fraction of sp³-hybridized carbons (Fsp3) is 0.273. The zero-order valence-electron chi connectivity index (χ0n) is 8.72. The molecule has 0 fully saturated rings. The van der Waals surface area contributed by atoms with Crippen molar-refractivity contribution < 1.29 is 14.7 Å². The minimum atomic E-state index is -1.22. The summed E-state index contributed by atoms with van der Waals surface area (Å²) in [5, 5.41) is 11.9. The number of benzene rings is 1. The SMILES string of the molecule is NC(=O)CCC(O)C(=O)Nc1ccccc1. The van der Waals surface area contributed by atoms with Gasteiger partial charge in [-0.2, -0.15) is 0 Å². The zero-order chi connectivity index (χ0) is 12.0. The van der Waals surface area contributed by atoms with Crippen LogP contribution in [0.2, 0.25) is 0 Å². The number of hydrogen-bond acceptors (Lipinski definition) is 3. The van der Waals surface area contributed by atoms with Crippen LogP contribution in [0.25, 0.3) is 0 Å². The molecule has 5 nitrogen and oxygen atoms in total. The van der Waals surface area contributed by atoms with Gasteiger partial charge >= 0.3 is 0 Å². The number of carbonyl (C=O) groups excluding carboxylic acids is 2. The van der Waals surface area contributed by atoms with Gasteiger partial charge in [0.1, 0.15) is 6.10 Å². The number of rotatable bonds is 5. The van der Waals surface area contributed by atoms with Crippen molar-refractivity contribution in [1.29, 1.82) is 0 Å². The fourth-order valence-corrected chi connectivity index (χ4v) is 1.16. The van der Waals surface area contributed by atoms with Gasteiger partial charge in [0.25, 0.3) is 5.91 Å². The van der Waals surface area contributed by atoms with Gasteiger partial charge in [-0.25, -0.2) is 0 Å². The van der Waals surface area contributed by atoms with E-state index in [4.69, 9.17) is 5.73 Å². The molecule has 0 aliphatic carbocycles. The average Bonchev–Trinajstić information content (AvgIpc) is 2.27. The molecule has 1 rings (SSSR count). The molecule has 5 heteroatoms. The van der Waals surface area contributed by atoms with Gasteiger partial charge in [0, 0.05) is 12.1 Å². The van der Waals surface area contributed by atoms with E-state index in [1.807, 2.05) is 6.07 Å². The predicted octanol–water partition coefficient (Wildman–Crippen LogP) is 0.251. The second-order valence-corrected chi connectivity index (χ2v) is 3.38. The molecule has 0 aromatic heterocycles. The second-order valence-electron chi connectivity index (χ2n) is 3.38. The Balaban J connectivity index is 2.43. The highest BCUT2D eigenvalue weighted by atomic mass is 16.3. The summed E-state index contributed by atoms with van der Waals surface area (Å²) >= 11 is 0. The number of nitrogens with one attached hydrogen (secondary N) is 1. The van der Waals surface area contributed by atoms with Crippen molar-refractivity contribution in [3.8, 4) is 0 Å². The lowest BCUT2D eigenvalue weighted by Crippen LogP contribution is -2.28. The van der Waals surface area contributed by atoms with Crippen LogP contribution in [0.1, 0.15) is 12.8 Å². The quantitative estimate of drug-likeness (QED) is 0.666. The van der Waals surface area contributed by atoms with E-state index >= 15 is 0 Å². The van der Waals surface area contributed by atoms with Gasteiger partial charge in [-0.3, -0.25) is 9.59 Å². The molecule has 2 amide bonds. The van der Waals surface area contributed by atoms with Crippen molar-refractivity contribution in [3.63, 3.8) is 0 Å². The van der Waals surface area contributed by atoms with Crippen LogP contribution in [0, 0.1) is 0 Å². The maximum atomic E-state index is 11.4. The monoisotopic (exact) mass is 222 g/mol. The first-order valence-electron chi connectivity index (χ1n) is 4.92. The second kappa shape index (κ2) is 5.87. The molecule has 0 bridgehead atoms. The van der Waals surface area contributed by atoms with Crippen LogP contribution in [0.15, 0.2) is 30.3 Å². The van der Waals surface area contributed by atoms with Crippen LogP contribution in [-0.2, 0) is 9.59 Å². The molecule has 0 radical (unpaired) electrons. The van der Waals surface area contributed by atoms with E-state index in [1.54, 1.807) is 24.3 Å². The molecule has 1 aromatic rings. The molecule has 1 aromatic carbocycles. The summed E-state index contributed by atoms with van der Waals surface area (Å²) in [4.78, 5) is 21.9. The molecule has 1 atom stereocenters. The number of hydrogen-bond donors (Lipinski definition) is 3. The van der Waals surface area contributed by atoms with Gasteiger partial charge < -0.3 is 16.2 Å². The van der Waals surface area contributed by atoms with Gasteiger partial charge in [0.2, 0.25) is 5.91 Å². The number of anilines is 1.